The molecule has 0 radical (unpaired) electrons. The van der Waals surface area contributed by atoms with Crippen LogP contribution in [0.15, 0.2) is 11.6 Å². The van der Waals surface area contributed by atoms with Gasteiger partial charge in [0.1, 0.15) is 18.3 Å². The van der Waals surface area contributed by atoms with Gasteiger partial charge in [-0.15, -0.1) is 0 Å². The molecule has 30 heavy (non-hydrogen) atoms. The number of esters is 3. The van der Waals surface area contributed by atoms with Crippen LogP contribution >= 0.6 is 0 Å². The molecule has 0 aromatic heterocycles. The molecule has 2 aliphatic heterocycles. The van der Waals surface area contributed by atoms with Crippen molar-refractivity contribution in [1.82, 2.24) is 0 Å². The average Bonchev–Trinajstić information content (AvgIpc) is 3.41. The lowest BCUT2D eigenvalue weighted by Gasteiger charge is -2.58. The standard InChI is InChI=1S/C21H28O9/c1-10-6-15-20(7-14(10)25,8-26-11(2)22)19(5)17(29-13(4)24)16(28-12(3)23)18(30-15)21(19)9-27-21/h6,14-18,25H,7-9H2,1-5H3/t14-,15?,16+,17+,18?,19?,20+,21?/m0/s1. The van der Waals surface area contributed by atoms with Crippen LogP contribution in [0.4, 0.5) is 0 Å². The molecule has 4 aliphatic rings. The number of rotatable bonds is 4. The zero-order valence-electron chi connectivity index (χ0n) is 17.8. The normalized spacial score (nSPS) is 45.9. The van der Waals surface area contributed by atoms with Crippen LogP contribution in [-0.4, -0.2) is 72.3 Å². The minimum absolute atomic E-state index is 0.0628. The van der Waals surface area contributed by atoms with Gasteiger partial charge in [-0.05, 0) is 18.9 Å². The Morgan fingerprint density at radius 3 is 2.33 bits per heavy atom. The number of carbonyl (C=O) groups excluding carboxylic acids is 3. The first-order valence-corrected chi connectivity index (χ1v) is 10.1. The third-order valence-corrected chi connectivity index (χ3v) is 7.46. The Bertz CT molecular complexity index is 815. The number of ether oxygens (including phenoxy) is 5. The minimum atomic E-state index is -0.959. The molecule has 2 saturated heterocycles. The van der Waals surface area contributed by atoms with Crippen LogP contribution < -0.4 is 0 Å². The lowest BCUT2D eigenvalue weighted by molar-refractivity contribution is -0.240. The van der Waals surface area contributed by atoms with Crippen molar-refractivity contribution < 1.29 is 43.2 Å². The maximum Gasteiger partial charge on any atom is 0.303 e. The fraction of sp³-hybridized carbons (Fsp3) is 0.762. The van der Waals surface area contributed by atoms with Crippen LogP contribution in [0.3, 0.4) is 0 Å². The van der Waals surface area contributed by atoms with E-state index in [0.29, 0.717) is 6.61 Å². The monoisotopic (exact) mass is 424 g/mol. The van der Waals surface area contributed by atoms with Crippen LogP contribution in [0.1, 0.15) is 41.0 Å². The summed E-state index contributed by atoms with van der Waals surface area (Å²) < 4.78 is 29.2. The maximum absolute atomic E-state index is 12.0. The fourth-order valence-corrected chi connectivity index (χ4v) is 5.89. The Morgan fingerprint density at radius 2 is 1.80 bits per heavy atom. The highest BCUT2D eigenvalue weighted by molar-refractivity contribution is 5.68. The summed E-state index contributed by atoms with van der Waals surface area (Å²) in [5.74, 6) is -1.54. The molecule has 0 aromatic rings. The first-order chi connectivity index (χ1) is 14.0. The molecule has 1 N–H and O–H groups in total. The summed E-state index contributed by atoms with van der Waals surface area (Å²) in [5.41, 5.74) is -2.06. The maximum atomic E-state index is 12.0. The van der Waals surface area contributed by atoms with Crippen LogP contribution in [0.2, 0.25) is 0 Å². The number of aliphatic hydroxyl groups excluding tert-OH is 1. The minimum Gasteiger partial charge on any atom is -0.465 e. The second kappa shape index (κ2) is 6.77. The number of epoxide rings is 1. The third kappa shape index (κ3) is 2.68. The van der Waals surface area contributed by atoms with Gasteiger partial charge in [-0.3, -0.25) is 14.4 Å². The summed E-state index contributed by atoms with van der Waals surface area (Å²) in [6, 6.07) is 0. The van der Waals surface area contributed by atoms with E-state index in [1.165, 1.54) is 20.8 Å². The van der Waals surface area contributed by atoms with Gasteiger partial charge in [-0.1, -0.05) is 13.0 Å². The van der Waals surface area contributed by atoms with Crippen molar-refractivity contribution in [3.05, 3.63) is 11.6 Å². The van der Waals surface area contributed by atoms with E-state index in [9.17, 15) is 19.5 Å². The number of hydrogen-bond acceptors (Lipinski definition) is 9. The molecule has 0 amide bonds. The van der Waals surface area contributed by atoms with Gasteiger partial charge in [-0.25, -0.2) is 0 Å². The summed E-state index contributed by atoms with van der Waals surface area (Å²) in [5, 5.41) is 10.8. The molecule has 2 bridgehead atoms. The van der Waals surface area contributed by atoms with Crippen molar-refractivity contribution in [2.24, 2.45) is 10.8 Å². The third-order valence-electron chi connectivity index (χ3n) is 7.46. The van der Waals surface area contributed by atoms with Gasteiger partial charge in [0.15, 0.2) is 12.2 Å². The highest BCUT2D eigenvalue weighted by Crippen LogP contribution is 2.72. The van der Waals surface area contributed by atoms with Crippen molar-refractivity contribution in [2.75, 3.05) is 13.2 Å². The van der Waals surface area contributed by atoms with Crippen molar-refractivity contribution in [1.29, 1.82) is 0 Å². The molecule has 4 rings (SSSR count). The van der Waals surface area contributed by atoms with E-state index in [0.717, 1.165) is 5.57 Å². The number of hydrogen-bond donors (Lipinski definition) is 1. The molecule has 2 heterocycles. The quantitative estimate of drug-likeness (QED) is 0.300. The Balaban J connectivity index is 1.90. The molecule has 166 valence electrons. The number of aliphatic hydroxyl groups is 1. The molecule has 0 aromatic carbocycles. The van der Waals surface area contributed by atoms with Gasteiger partial charge < -0.3 is 28.8 Å². The Labute approximate surface area is 174 Å². The summed E-state index contributed by atoms with van der Waals surface area (Å²) >= 11 is 0. The summed E-state index contributed by atoms with van der Waals surface area (Å²) in [7, 11) is 0. The zero-order chi connectivity index (χ0) is 22.1. The zero-order valence-corrected chi connectivity index (χ0v) is 17.8. The lowest BCUT2D eigenvalue weighted by atomic mass is 9.51. The molecular weight excluding hydrogens is 396 g/mol. The molecule has 1 saturated carbocycles. The summed E-state index contributed by atoms with van der Waals surface area (Å²) in [6.07, 6.45) is -1.76. The molecule has 9 heteroatoms. The highest BCUT2D eigenvalue weighted by atomic mass is 16.7. The fourth-order valence-electron chi connectivity index (χ4n) is 5.89. The Kier molecular flexibility index (Phi) is 4.80. The van der Waals surface area contributed by atoms with Crippen LogP contribution in [-0.2, 0) is 38.1 Å². The van der Waals surface area contributed by atoms with Crippen molar-refractivity contribution in [3.8, 4) is 0 Å². The SMILES string of the molecule is CC(=O)OC[C@]12C[C@H](O)C(C)=CC1OC1[C@H](OC(C)=O)[C@@H](OC(C)=O)C2(C)C12CO2. The molecule has 2 aliphatic carbocycles. The molecule has 9 nitrogen and oxygen atoms in total. The first-order valence-electron chi connectivity index (χ1n) is 10.1. The molecule has 1 spiro atoms. The highest BCUT2D eigenvalue weighted by Gasteiger charge is 2.87. The molecule has 4 unspecified atom stereocenters. The van der Waals surface area contributed by atoms with Gasteiger partial charge >= 0.3 is 17.9 Å². The van der Waals surface area contributed by atoms with Gasteiger partial charge in [0, 0.05) is 26.2 Å². The predicted molar refractivity (Wildman–Crippen MR) is 100 cm³/mol. The molecular formula is C21H28O9. The van der Waals surface area contributed by atoms with Gasteiger partial charge in [0.2, 0.25) is 0 Å². The lowest BCUT2D eigenvalue weighted by Crippen LogP contribution is -2.67. The van der Waals surface area contributed by atoms with Gasteiger partial charge in [0.05, 0.1) is 24.2 Å². The van der Waals surface area contributed by atoms with E-state index >= 15 is 0 Å². The Hall–Kier alpha value is -1.97. The number of carbonyl (C=O) groups is 3. The second-order valence-corrected chi connectivity index (χ2v) is 9.03. The van der Waals surface area contributed by atoms with E-state index < -0.39 is 64.9 Å². The predicted octanol–water partition coefficient (Wildman–Crippen LogP) is 0.666. The van der Waals surface area contributed by atoms with E-state index in [2.05, 4.69) is 0 Å². The van der Waals surface area contributed by atoms with Crippen LogP contribution in [0, 0.1) is 10.8 Å². The van der Waals surface area contributed by atoms with Gasteiger partial charge in [-0.2, -0.15) is 0 Å². The largest absolute Gasteiger partial charge is 0.465 e. The smallest absolute Gasteiger partial charge is 0.303 e. The van der Waals surface area contributed by atoms with E-state index in [-0.39, 0.29) is 13.0 Å². The second-order valence-electron chi connectivity index (χ2n) is 9.03. The number of fused-ring (bicyclic) bond motifs is 2. The molecule has 3 fully saturated rings. The van der Waals surface area contributed by atoms with E-state index in [1.54, 1.807) is 6.92 Å². The van der Waals surface area contributed by atoms with E-state index in [1.807, 2.05) is 13.0 Å². The topological polar surface area (TPSA) is 121 Å². The van der Waals surface area contributed by atoms with Crippen molar-refractivity contribution in [3.63, 3.8) is 0 Å². The van der Waals surface area contributed by atoms with Crippen LogP contribution in [0.25, 0.3) is 0 Å². The van der Waals surface area contributed by atoms with Crippen molar-refractivity contribution in [2.45, 2.75) is 77.2 Å². The van der Waals surface area contributed by atoms with E-state index in [4.69, 9.17) is 23.7 Å². The first kappa shape index (κ1) is 21.3. The Morgan fingerprint density at radius 1 is 1.17 bits per heavy atom. The van der Waals surface area contributed by atoms with Crippen LogP contribution in [0.5, 0.6) is 0 Å². The summed E-state index contributed by atoms with van der Waals surface area (Å²) in [4.78, 5) is 35.7. The summed E-state index contributed by atoms with van der Waals surface area (Å²) in [6.45, 7) is 7.83. The molecule has 8 atom stereocenters. The van der Waals surface area contributed by atoms with Crippen molar-refractivity contribution >= 4 is 17.9 Å². The average molecular weight is 424 g/mol. The van der Waals surface area contributed by atoms with Gasteiger partial charge in [0.25, 0.3) is 0 Å².